The summed E-state index contributed by atoms with van der Waals surface area (Å²) >= 11 is 1.45. The summed E-state index contributed by atoms with van der Waals surface area (Å²) in [7, 11) is 0. The monoisotopic (exact) mass is 246 g/mol. The zero-order chi connectivity index (χ0) is 11.8. The number of nitrogens with one attached hydrogen (secondary N) is 1. The first-order valence-electron chi connectivity index (χ1n) is 4.72. The first kappa shape index (κ1) is 9.91. The highest BCUT2D eigenvalue weighted by atomic mass is 32.1. The molecule has 0 saturated carbocycles. The number of nitrogens with zero attached hydrogens (tertiary/aromatic N) is 3. The van der Waals surface area contributed by atoms with Gasteiger partial charge >= 0.3 is 5.97 Å². The summed E-state index contributed by atoms with van der Waals surface area (Å²) in [4.78, 5) is 26.3. The Labute approximate surface area is 99.0 Å². The van der Waals surface area contributed by atoms with Crippen molar-refractivity contribution in [3.05, 3.63) is 28.7 Å². The highest BCUT2D eigenvalue weighted by molar-refractivity contribution is 7.07. The topological polar surface area (TPSA) is 91.8 Å². The number of fused-ring (bicyclic) bond motifs is 1. The molecular formula is C10H6N4O2S. The molecule has 3 heterocycles. The Hall–Kier alpha value is -2.28. The van der Waals surface area contributed by atoms with Crippen molar-refractivity contribution in [1.82, 2.24) is 19.9 Å². The second-order valence-electron chi connectivity index (χ2n) is 3.32. The largest absolute Gasteiger partial charge is 0.478 e. The van der Waals surface area contributed by atoms with Crippen LogP contribution in [0.3, 0.4) is 0 Å². The number of aromatic carboxylic acids is 1. The molecule has 0 aliphatic heterocycles. The van der Waals surface area contributed by atoms with Crippen LogP contribution >= 0.6 is 11.3 Å². The molecular weight excluding hydrogens is 240 g/mol. The highest BCUT2D eigenvalue weighted by Crippen LogP contribution is 2.21. The van der Waals surface area contributed by atoms with Crippen LogP contribution in [0.25, 0.3) is 22.7 Å². The van der Waals surface area contributed by atoms with Crippen LogP contribution in [0.2, 0.25) is 0 Å². The van der Waals surface area contributed by atoms with Crippen LogP contribution in [0, 0.1) is 0 Å². The number of aromatic amines is 1. The molecule has 6 nitrogen and oxygen atoms in total. The van der Waals surface area contributed by atoms with E-state index in [4.69, 9.17) is 5.11 Å². The molecule has 0 spiro atoms. The number of carboxylic acids is 1. The van der Waals surface area contributed by atoms with Crippen molar-refractivity contribution in [2.45, 2.75) is 0 Å². The smallest absolute Gasteiger partial charge is 0.338 e. The predicted molar refractivity (Wildman–Crippen MR) is 62.0 cm³/mol. The number of hydrogen-bond acceptors (Lipinski definition) is 5. The van der Waals surface area contributed by atoms with E-state index in [9.17, 15) is 4.79 Å². The van der Waals surface area contributed by atoms with Gasteiger partial charge in [0.1, 0.15) is 5.69 Å². The van der Waals surface area contributed by atoms with E-state index in [1.54, 1.807) is 5.51 Å². The van der Waals surface area contributed by atoms with Crippen LogP contribution in [-0.4, -0.2) is 31.0 Å². The average Bonchev–Trinajstić information content (AvgIpc) is 2.96. The number of pyridine rings is 1. The number of carbonyl (C=O) groups is 1. The quantitative estimate of drug-likeness (QED) is 0.719. The third-order valence-corrected chi connectivity index (χ3v) is 2.88. The fraction of sp³-hybridized carbons (Fsp3) is 0. The second kappa shape index (κ2) is 3.63. The third-order valence-electron chi connectivity index (χ3n) is 2.30. The summed E-state index contributed by atoms with van der Waals surface area (Å²) in [5, 5.41) is 10.9. The van der Waals surface area contributed by atoms with Crippen molar-refractivity contribution >= 4 is 28.5 Å². The summed E-state index contributed by atoms with van der Waals surface area (Å²) in [5.74, 6) is -0.478. The maximum atomic E-state index is 11.0. The van der Waals surface area contributed by atoms with E-state index in [0.29, 0.717) is 22.7 Å². The van der Waals surface area contributed by atoms with Crippen LogP contribution in [-0.2, 0) is 0 Å². The van der Waals surface area contributed by atoms with Crippen molar-refractivity contribution in [3.8, 4) is 11.5 Å². The van der Waals surface area contributed by atoms with Gasteiger partial charge in [-0.2, -0.15) is 0 Å². The van der Waals surface area contributed by atoms with E-state index in [1.807, 2.05) is 5.38 Å². The Morgan fingerprint density at radius 3 is 3.00 bits per heavy atom. The molecule has 0 aliphatic carbocycles. The molecule has 0 unspecified atom stereocenters. The number of rotatable bonds is 2. The van der Waals surface area contributed by atoms with Crippen molar-refractivity contribution in [2.24, 2.45) is 0 Å². The summed E-state index contributed by atoms with van der Waals surface area (Å²) in [6, 6.07) is 1.44. The molecule has 0 amide bonds. The van der Waals surface area contributed by atoms with Crippen LogP contribution in [0.15, 0.2) is 23.2 Å². The molecule has 0 saturated heterocycles. The number of H-pyrrole nitrogens is 1. The number of carboxylic acid groups (broad SMARTS) is 1. The standard InChI is InChI=1S/C10H6N4O2S/c15-10(16)5-1-2-11-9-7(5)13-8(14-9)6-3-17-4-12-6/h1-4H,(H,15,16)(H,11,13,14). The van der Waals surface area contributed by atoms with E-state index in [0.717, 1.165) is 0 Å². The first-order valence-corrected chi connectivity index (χ1v) is 5.66. The van der Waals surface area contributed by atoms with E-state index in [2.05, 4.69) is 19.9 Å². The van der Waals surface area contributed by atoms with Crippen LogP contribution in [0.4, 0.5) is 0 Å². The van der Waals surface area contributed by atoms with E-state index in [-0.39, 0.29) is 5.56 Å². The third kappa shape index (κ3) is 1.56. The maximum absolute atomic E-state index is 11.0. The Kier molecular flexibility index (Phi) is 2.12. The normalized spacial score (nSPS) is 10.8. The Balaban J connectivity index is 2.26. The molecule has 0 aromatic carbocycles. The average molecular weight is 246 g/mol. The first-order chi connectivity index (χ1) is 8.25. The molecule has 0 fully saturated rings. The minimum absolute atomic E-state index is 0.156. The molecule has 3 aromatic heterocycles. The van der Waals surface area contributed by atoms with Gasteiger partial charge in [0.2, 0.25) is 0 Å². The molecule has 0 aliphatic rings. The van der Waals surface area contributed by atoms with Gasteiger partial charge in [-0.15, -0.1) is 11.3 Å². The Morgan fingerprint density at radius 2 is 2.29 bits per heavy atom. The van der Waals surface area contributed by atoms with Crippen molar-refractivity contribution in [3.63, 3.8) is 0 Å². The zero-order valence-electron chi connectivity index (χ0n) is 8.41. The lowest BCUT2D eigenvalue weighted by atomic mass is 10.2. The Morgan fingerprint density at radius 1 is 1.41 bits per heavy atom. The fourth-order valence-electron chi connectivity index (χ4n) is 1.54. The van der Waals surface area contributed by atoms with Crippen molar-refractivity contribution in [1.29, 1.82) is 0 Å². The van der Waals surface area contributed by atoms with Gasteiger partial charge in [0.15, 0.2) is 11.5 Å². The molecule has 0 atom stereocenters. The molecule has 7 heteroatoms. The van der Waals surface area contributed by atoms with E-state index < -0.39 is 5.97 Å². The Bertz CT molecular complexity index is 689. The number of hydrogen-bond donors (Lipinski definition) is 2. The summed E-state index contributed by atoms with van der Waals surface area (Å²) in [6.45, 7) is 0. The number of aromatic nitrogens is 4. The van der Waals surface area contributed by atoms with E-state index >= 15 is 0 Å². The van der Waals surface area contributed by atoms with Gasteiger partial charge < -0.3 is 10.1 Å². The van der Waals surface area contributed by atoms with Gasteiger partial charge in [0.05, 0.1) is 16.6 Å². The van der Waals surface area contributed by atoms with Crippen LogP contribution in [0.5, 0.6) is 0 Å². The number of imidazole rings is 1. The predicted octanol–water partition coefficient (Wildman–Crippen LogP) is 1.78. The minimum atomic E-state index is -1.01. The molecule has 0 bridgehead atoms. The highest BCUT2D eigenvalue weighted by Gasteiger charge is 2.14. The molecule has 0 radical (unpaired) electrons. The van der Waals surface area contributed by atoms with Gasteiger partial charge in [-0.3, -0.25) is 0 Å². The lowest BCUT2D eigenvalue weighted by Gasteiger charge is -1.93. The van der Waals surface area contributed by atoms with Gasteiger partial charge in [-0.1, -0.05) is 0 Å². The molecule has 3 aromatic rings. The lowest BCUT2D eigenvalue weighted by Crippen LogP contribution is -1.97. The van der Waals surface area contributed by atoms with Crippen LogP contribution < -0.4 is 0 Å². The fourth-order valence-corrected chi connectivity index (χ4v) is 2.08. The SMILES string of the molecule is O=C(O)c1ccnc2nc(-c3cscn3)[nH]c12. The zero-order valence-corrected chi connectivity index (χ0v) is 9.23. The summed E-state index contributed by atoms with van der Waals surface area (Å²) < 4.78 is 0. The van der Waals surface area contributed by atoms with Gasteiger partial charge in [-0.25, -0.2) is 19.7 Å². The second-order valence-corrected chi connectivity index (χ2v) is 4.04. The minimum Gasteiger partial charge on any atom is -0.478 e. The maximum Gasteiger partial charge on any atom is 0.338 e. The summed E-state index contributed by atoms with van der Waals surface area (Å²) in [6.07, 6.45) is 1.43. The molecule has 84 valence electrons. The lowest BCUT2D eigenvalue weighted by molar-refractivity contribution is 0.0699. The van der Waals surface area contributed by atoms with E-state index in [1.165, 1.54) is 23.6 Å². The van der Waals surface area contributed by atoms with Crippen LogP contribution in [0.1, 0.15) is 10.4 Å². The van der Waals surface area contributed by atoms with Crippen molar-refractivity contribution in [2.75, 3.05) is 0 Å². The molecule has 2 N–H and O–H groups in total. The molecule has 17 heavy (non-hydrogen) atoms. The van der Waals surface area contributed by atoms with Gasteiger partial charge in [0.25, 0.3) is 0 Å². The summed E-state index contributed by atoms with van der Waals surface area (Å²) in [5.41, 5.74) is 3.33. The van der Waals surface area contributed by atoms with Gasteiger partial charge in [0, 0.05) is 11.6 Å². The van der Waals surface area contributed by atoms with Gasteiger partial charge in [-0.05, 0) is 6.07 Å². The molecule has 3 rings (SSSR count). The van der Waals surface area contributed by atoms with Crippen molar-refractivity contribution < 1.29 is 9.90 Å². The number of thiazole rings is 1.